The van der Waals surface area contributed by atoms with E-state index in [-0.39, 0.29) is 13.2 Å². The maximum atomic E-state index is 15.1. The van der Waals surface area contributed by atoms with Gasteiger partial charge in [0.15, 0.2) is 5.75 Å². The highest BCUT2D eigenvalue weighted by atomic mass is 32.1. The molecule has 0 spiro atoms. The van der Waals surface area contributed by atoms with Crippen molar-refractivity contribution < 1.29 is 23.8 Å². The van der Waals surface area contributed by atoms with Gasteiger partial charge in [-0.1, -0.05) is 158 Å². The molecule has 0 saturated heterocycles. The van der Waals surface area contributed by atoms with Gasteiger partial charge in [0.25, 0.3) is 0 Å². The Kier molecular flexibility index (Phi) is 9.85. The molecule has 0 radical (unpaired) electrons. The highest BCUT2D eigenvalue weighted by molar-refractivity contribution is 7.72. The predicted molar refractivity (Wildman–Crippen MR) is 260 cm³/mol. The lowest BCUT2D eigenvalue weighted by Gasteiger charge is -2.33. The zero-order chi connectivity index (χ0) is 42.3. The Labute approximate surface area is 388 Å². The number of ether oxygens (including phenoxy) is 3. The first kappa shape index (κ1) is 39.5. The molecule has 0 unspecified atom stereocenters. The summed E-state index contributed by atoms with van der Waals surface area (Å²) in [5.74, 6) is -1.44. The number of hydrogen-bond donors (Lipinski definition) is 0. The Morgan fingerprint density at radius 3 is 1.40 bits per heavy atom. The number of rotatable bonds is 8. The summed E-state index contributed by atoms with van der Waals surface area (Å²) in [5, 5.41) is 5.87. The highest BCUT2D eigenvalue weighted by Gasteiger charge is 2.60. The summed E-state index contributed by atoms with van der Waals surface area (Å²) < 4.78 is 24.5. The van der Waals surface area contributed by atoms with E-state index >= 15 is 9.59 Å². The van der Waals surface area contributed by atoms with Gasteiger partial charge >= 0.3 is 17.5 Å². The van der Waals surface area contributed by atoms with Gasteiger partial charge in [0, 0.05) is 26.2 Å². The van der Waals surface area contributed by atoms with Gasteiger partial charge < -0.3 is 14.2 Å². The summed E-state index contributed by atoms with van der Waals surface area (Å²) in [6, 6.07) is 38.0. The summed E-state index contributed by atoms with van der Waals surface area (Å²) in [6.07, 6.45) is 0. The van der Waals surface area contributed by atoms with E-state index in [1.54, 1.807) is 0 Å². The van der Waals surface area contributed by atoms with Gasteiger partial charge in [-0.3, -0.25) is 0 Å². The van der Waals surface area contributed by atoms with Crippen LogP contribution in [0.15, 0.2) is 131 Å². The van der Waals surface area contributed by atoms with Crippen molar-refractivity contribution in [2.75, 3.05) is 0 Å². The zero-order valence-electron chi connectivity index (χ0n) is 31.7. The molecule has 62 heavy (non-hydrogen) atoms. The Balaban J connectivity index is 1.12. The van der Waals surface area contributed by atoms with E-state index in [9.17, 15) is 0 Å². The van der Waals surface area contributed by atoms with Crippen LogP contribution in [-0.2, 0) is 37.9 Å². The van der Waals surface area contributed by atoms with Gasteiger partial charge in [0.1, 0.15) is 33.9 Å². The Morgan fingerprint density at radius 1 is 0.532 bits per heavy atom. The number of benzene rings is 4. The van der Waals surface area contributed by atoms with Crippen LogP contribution in [0.3, 0.4) is 0 Å². The molecule has 0 N–H and O–H groups in total. The first-order valence-corrected chi connectivity index (χ1v) is 23.9. The topological polar surface area (TPSA) is 86.6 Å². The van der Waals surface area contributed by atoms with E-state index in [1.807, 2.05) is 121 Å². The van der Waals surface area contributed by atoms with Gasteiger partial charge in [0.05, 0.1) is 47.5 Å². The minimum atomic E-state index is -2.37. The third kappa shape index (κ3) is 6.33. The molecule has 4 aromatic heterocycles. The molecule has 0 aliphatic carbocycles. The van der Waals surface area contributed by atoms with Crippen molar-refractivity contribution >= 4 is 157 Å². The SMILES string of the molecule is O=C(OCc1ccccc1)C1(C(=O)OCc2ccccc2)Oc2c(sc3cc(N=c4c(=S)c5ccccc5c4=S)sc23)-c2sc3cc(N=c4c(=S)c5ccccc5c4=S)sc3c21. The number of carbonyl (C=O) groups is 2. The molecule has 5 heterocycles. The summed E-state index contributed by atoms with van der Waals surface area (Å²) in [5.41, 5.74) is -0.534. The standard InChI is InChI=1S/C47H24N2O5S8/c50-45(52-21-23-11-3-1-4-12-23)47(46(51)53-22-24-13-5-2-6-14-24)33-41-29(19-31(61-41)48-34-37(55)25-15-7-8-16-26(25)38(34)56)59-43(33)44-36(54-47)42-30(60-44)20-32(62-42)49-35-39(57)27-17-9-10-18-28(27)40(35)58/h1-20H,21-22H2. The number of thiophene rings is 4. The Hall–Kier alpha value is -5.36. The van der Waals surface area contributed by atoms with Crippen LogP contribution in [0.25, 0.3) is 50.1 Å². The lowest BCUT2D eigenvalue weighted by Crippen LogP contribution is -2.52. The zero-order valence-corrected chi connectivity index (χ0v) is 38.2. The van der Waals surface area contributed by atoms with Crippen LogP contribution in [0.5, 0.6) is 5.75 Å². The molecular weight excluding hydrogens is 929 g/mol. The molecule has 0 bridgehead atoms. The van der Waals surface area contributed by atoms with Gasteiger partial charge in [-0.2, -0.15) is 0 Å². The van der Waals surface area contributed by atoms with Crippen molar-refractivity contribution in [1.29, 1.82) is 0 Å². The number of esters is 2. The average molecular weight is 953 g/mol. The number of fused-ring (bicyclic) bond motifs is 9. The highest BCUT2D eigenvalue weighted by Crippen LogP contribution is 2.61. The molecule has 300 valence electrons. The van der Waals surface area contributed by atoms with Crippen molar-refractivity contribution in [1.82, 2.24) is 0 Å². The molecule has 7 nitrogen and oxygen atoms in total. The smallest absolute Gasteiger partial charge is 0.367 e. The quantitative estimate of drug-likeness (QED) is 0.0839. The summed E-state index contributed by atoms with van der Waals surface area (Å²) >= 11 is 29.0. The lowest BCUT2D eigenvalue weighted by molar-refractivity contribution is -0.183. The minimum absolute atomic E-state index is 0.104. The third-order valence-electron chi connectivity index (χ3n) is 10.6. The van der Waals surface area contributed by atoms with Crippen LogP contribution in [0.2, 0.25) is 0 Å². The average Bonchev–Trinajstić information content (AvgIpc) is 4.13. The second kappa shape index (κ2) is 15.5. The van der Waals surface area contributed by atoms with E-state index in [0.29, 0.717) is 64.3 Å². The first-order chi connectivity index (χ1) is 30.2. The molecule has 0 amide bonds. The lowest BCUT2D eigenvalue weighted by atomic mass is 9.90. The first-order valence-electron chi connectivity index (χ1n) is 19.0. The number of carbonyl (C=O) groups excluding carboxylic acids is 2. The van der Waals surface area contributed by atoms with Crippen LogP contribution < -0.4 is 15.5 Å². The Morgan fingerprint density at radius 2 is 0.935 bits per heavy atom. The van der Waals surface area contributed by atoms with Crippen molar-refractivity contribution in [3.05, 3.63) is 167 Å². The molecule has 6 aromatic carbocycles. The normalized spacial score (nSPS) is 13.0. The fourth-order valence-corrected chi connectivity index (χ4v) is 14.2. The van der Waals surface area contributed by atoms with E-state index in [1.165, 1.54) is 45.3 Å². The third-order valence-corrected chi connectivity index (χ3v) is 17.0. The monoisotopic (exact) mass is 952 g/mol. The molecule has 15 heteroatoms. The molecule has 10 aromatic rings. The number of hydrogen-bond acceptors (Lipinski definition) is 15. The van der Waals surface area contributed by atoms with Crippen LogP contribution in [-0.4, -0.2) is 11.9 Å². The molecule has 0 fully saturated rings. The molecule has 1 aliphatic rings. The van der Waals surface area contributed by atoms with Gasteiger partial charge in [-0.25, -0.2) is 19.6 Å². The van der Waals surface area contributed by atoms with Crippen LogP contribution in [0.4, 0.5) is 10.0 Å². The van der Waals surface area contributed by atoms with E-state index < -0.39 is 17.5 Å². The van der Waals surface area contributed by atoms with Crippen molar-refractivity contribution in [2.45, 2.75) is 18.8 Å². The van der Waals surface area contributed by atoms with E-state index in [2.05, 4.69) is 0 Å². The van der Waals surface area contributed by atoms with Gasteiger partial charge in [0.2, 0.25) is 0 Å². The number of nitrogens with zero attached hydrogens (tertiary/aromatic N) is 2. The fraction of sp³-hybridized carbons (Fsp3) is 0.0638. The maximum Gasteiger partial charge on any atom is 0.367 e. The molecule has 0 saturated carbocycles. The van der Waals surface area contributed by atoms with Gasteiger partial charge in [-0.15, -0.1) is 45.3 Å². The molecular formula is C47H24N2O5S8. The van der Waals surface area contributed by atoms with E-state index in [0.717, 1.165) is 46.9 Å². The second-order valence-electron chi connectivity index (χ2n) is 14.4. The minimum Gasteiger partial charge on any atom is -0.457 e. The largest absolute Gasteiger partial charge is 0.457 e. The molecule has 11 rings (SSSR count). The van der Waals surface area contributed by atoms with Crippen molar-refractivity contribution in [3.8, 4) is 15.5 Å². The van der Waals surface area contributed by atoms with Crippen molar-refractivity contribution in [2.24, 2.45) is 9.98 Å². The van der Waals surface area contributed by atoms with Crippen LogP contribution in [0, 0.1) is 18.0 Å². The maximum absolute atomic E-state index is 15.1. The van der Waals surface area contributed by atoms with E-state index in [4.69, 9.17) is 73.1 Å². The summed E-state index contributed by atoms with van der Waals surface area (Å²) in [7, 11) is 0. The van der Waals surface area contributed by atoms with Crippen LogP contribution in [0.1, 0.15) is 16.7 Å². The predicted octanol–water partition coefficient (Wildman–Crippen LogP) is 13.4. The molecule has 1 aliphatic heterocycles. The molecule has 0 atom stereocenters. The van der Waals surface area contributed by atoms with Crippen LogP contribution >= 0.6 is 94.2 Å². The van der Waals surface area contributed by atoms with Gasteiger partial charge in [-0.05, 0) is 23.3 Å². The summed E-state index contributed by atoms with van der Waals surface area (Å²) in [6.45, 7) is -0.209. The summed E-state index contributed by atoms with van der Waals surface area (Å²) in [4.78, 5) is 41.6. The fourth-order valence-electron chi connectivity index (χ4n) is 7.69. The van der Waals surface area contributed by atoms with Crippen molar-refractivity contribution in [3.63, 3.8) is 0 Å². The second-order valence-corrected chi connectivity index (χ2v) is 20.2. The Bertz CT molecular complexity index is 3670.